The molecular weight excluding hydrogens is 434 g/mol. The second-order valence-corrected chi connectivity index (χ2v) is 9.83. The van der Waals surface area contributed by atoms with Gasteiger partial charge in [0.25, 0.3) is 0 Å². The number of carbonyl (C=O) groups is 1. The van der Waals surface area contributed by atoms with Crippen molar-refractivity contribution in [3.8, 4) is 0 Å². The number of aliphatic carboxylic acids is 1. The third-order valence-corrected chi connectivity index (χ3v) is 6.61. The third-order valence-electron chi connectivity index (χ3n) is 6.61. The minimum absolute atomic E-state index is 0.00496. The SMILES string of the molecule is CCCCC/C=C\C/C=C\CCCCCCCCOC(CCc1ccccc1)(CC(=O)O)N(C)C. The first-order chi connectivity index (χ1) is 17.0. The van der Waals surface area contributed by atoms with E-state index in [1.807, 2.05) is 37.2 Å². The molecule has 0 aromatic heterocycles. The Balaban J connectivity index is 2.19. The van der Waals surface area contributed by atoms with E-state index in [9.17, 15) is 9.90 Å². The zero-order valence-electron chi connectivity index (χ0n) is 22.7. The largest absolute Gasteiger partial charge is 0.481 e. The van der Waals surface area contributed by atoms with Gasteiger partial charge in [-0.15, -0.1) is 0 Å². The fraction of sp³-hybridized carbons (Fsp3) is 0.645. The summed E-state index contributed by atoms with van der Waals surface area (Å²) < 4.78 is 6.27. The van der Waals surface area contributed by atoms with E-state index in [0.717, 1.165) is 25.7 Å². The highest BCUT2D eigenvalue weighted by molar-refractivity contribution is 5.68. The first kappa shape index (κ1) is 31.1. The van der Waals surface area contributed by atoms with Gasteiger partial charge in [-0.3, -0.25) is 9.69 Å². The highest BCUT2D eigenvalue weighted by Crippen LogP contribution is 2.26. The normalized spacial score (nSPS) is 13.7. The Morgan fingerprint density at radius 1 is 0.886 bits per heavy atom. The molecule has 0 amide bonds. The molecule has 4 heteroatoms. The molecule has 198 valence electrons. The van der Waals surface area contributed by atoms with Gasteiger partial charge in [0.1, 0.15) is 5.72 Å². The smallest absolute Gasteiger partial charge is 0.307 e. The third kappa shape index (κ3) is 15.6. The number of carboxylic acids is 1. The van der Waals surface area contributed by atoms with Gasteiger partial charge in [0.15, 0.2) is 0 Å². The number of hydrogen-bond donors (Lipinski definition) is 1. The molecule has 1 unspecified atom stereocenters. The van der Waals surface area contributed by atoms with E-state index in [4.69, 9.17) is 4.74 Å². The Kier molecular flexibility index (Phi) is 18.0. The van der Waals surface area contributed by atoms with Gasteiger partial charge in [-0.05, 0) is 71.0 Å². The lowest BCUT2D eigenvalue weighted by Gasteiger charge is -2.39. The first-order valence-electron chi connectivity index (χ1n) is 13.9. The van der Waals surface area contributed by atoms with Crippen molar-refractivity contribution in [2.45, 2.75) is 109 Å². The fourth-order valence-electron chi connectivity index (χ4n) is 4.30. The van der Waals surface area contributed by atoms with Crippen LogP contribution in [0.3, 0.4) is 0 Å². The molecule has 0 heterocycles. The van der Waals surface area contributed by atoms with Gasteiger partial charge < -0.3 is 9.84 Å². The van der Waals surface area contributed by atoms with Crippen molar-refractivity contribution in [1.29, 1.82) is 0 Å². The summed E-state index contributed by atoms with van der Waals surface area (Å²) in [5, 5.41) is 9.52. The molecule has 1 N–H and O–H groups in total. The van der Waals surface area contributed by atoms with Gasteiger partial charge in [0.05, 0.1) is 6.42 Å². The van der Waals surface area contributed by atoms with E-state index in [1.165, 1.54) is 63.4 Å². The number of ether oxygens (including phenoxy) is 1. The standard InChI is InChI=1S/C31H51NO3/c1-4-5-6-7-8-9-10-11-12-13-14-15-16-17-18-22-27-35-31(32(2)3,28-30(33)34)26-25-29-23-20-19-21-24-29/h8-9,11-12,19-21,23-24H,4-7,10,13-18,22,25-28H2,1-3H3,(H,33,34)/b9-8-,12-11-. The van der Waals surface area contributed by atoms with Crippen molar-refractivity contribution in [3.63, 3.8) is 0 Å². The molecular formula is C31H51NO3. The number of rotatable bonds is 22. The Hall–Kier alpha value is -1.91. The number of hydrogen-bond acceptors (Lipinski definition) is 3. The van der Waals surface area contributed by atoms with Crippen LogP contribution in [0.4, 0.5) is 0 Å². The number of carboxylic acid groups (broad SMARTS) is 1. The van der Waals surface area contributed by atoms with E-state index in [2.05, 4.69) is 43.4 Å². The lowest BCUT2D eigenvalue weighted by molar-refractivity contribution is -0.170. The van der Waals surface area contributed by atoms with Crippen molar-refractivity contribution >= 4 is 5.97 Å². The summed E-state index contributed by atoms with van der Waals surface area (Å²) >= 11 is 0. The average molecular weight is 486 g/mol. The van der Waals surface area contributed by atoms with Gasteiger partial charge in [-0.1, -0.05) is 100 Å². The highest BCUT2D eigenvalue weighted by Gasteiger charge is 2.36. The lowest BCUT2D eigenvalue weighted by atomic mass is 9.98. The van der Waals surface area contributed by atoms with E-state index in [1.54, 1.807) is 0 Å². The zero-order chi connectivity index (χ0) is 25.6. The number of allylic oxidation sites excluding steroid dienone is 4. The summed E-state index contributed by atoms with van der Waals surface area (Å²) in [7, 11) is 3.85. The Morgan fingerprint density at radius 2 is 1.49 bits per heavy atom. The molecule has 4 nitrogen and oxygen atoms in total. The van der Waals surface area contributed by atoms with Crippen LogP contribution in [0.25, 0.3) is 0 Å². The Bertz CT molecular complexity index is 698. The molecule has 0 saturated heterocycles. The van der Waals surface area contributed by atoms with Crippen molar-refractivity contribution < 1.29 is 14.6 Å². The molecule has 0 aliphatic rings. The predicted molar refractivity (Wildman–Crippen MR) is 149 cm³/mol. The van der Waals surface area contributed by atoms with Crippen molar-refractivity contribution in [1.82, 2.24) is 4.90 Å². The number of unbranched alkanes of at least 4 members (excludes halogenated alkanes) is 9. The predicted octanol–water partition coefficient (Wildman–Crippen LogP) is 8.18. The molecule has 0 spiro atoms. The maximum absolute atomic E-state index is 11.6. The molecule has 0 radical (unpaired) electrons. The monoisotopic (exact) mass is 485 g/mol. The Labute approximate surface area is 215 Å². The van der Waals surface area contributed by atoms with Crippen molar-refractivity contribution in [2.24, 2.45) is 0 Å². The van der Waals surface area contributed by atoms with Crippen LogP contribution >= 0.6 is 0 Å². The first-order valence-corrected chi connectivity index (χ1v) is 13.9. The second-order valence-electron chi connectivity index (χ2n) is 9.83. The van der Waals surface area contributed by atoms with Gasteiger partial charge in [-0.25, -0.2) is 0 Å². The van der Waals surface area contributed by atoms with Gasteiger partial charge in [-0.2, -0.15) is 0 Å². The maximum atomic E-state index is 11.6. The lowest BCUT2D eigenvalue weighted by Crippen LogP contribution is -2.49. The summed E-state index contributed by atoms with van der Waals surface area (Å²) in [6.45, 7) is 2.85. The molecule has 0 bridgehead atoms. The molecule has 1 aromatic carbocycles. The van der Waals surface area contributed by atoms with E-state index in [0.29, 0.717) is 13.0 Å². The second kappa shape index (κ2) is 20.3. The minimum atomic E-state index is -0.816. The maximum Gasteiger partial charge on any atom is 0.307 e. The van der Waals surface area contributed by atoms with Crippen LogP contribution in [0.2, 0.25) is 0 Å². The summed E-state index contributed by atoms with van der Waals surface area (Å²) in [6.07, 6.45) is 25.2. The van der Waals surface area contributed by atoms with Gasteiger partial charge in [0, 0.05) is 6.61 Å². The van der Waals surface area contributed by atoms with Gasteiger partial charge >= 0.3 is 5.97 Å². The van der Waals surface area contributed by atoms with Crippen LogP contribution in [0.15, 0.2) is 54.6 Å². The average Bonchev–Trinajstić information content (AvgIpc) is 2.84. The van der Waals surface area contributed by atoms with Crippen LogP contribution in [0.1, 0.15) is 102 Å². The van der Waals surface area contributed by atoms with E-state index >= 15 is 0 Å². The summed E-state index contributed by atoms with van der Waals surface area (Å²) in [4.78, 5) is 13.5. The Morgan fingerprint density at radius 3 is 2.09 bits per heavy atom. The fourth-order valence-corrected chi connectivity index (χ4v) is 4.30. The molecule has 1 atom stereocenters. The molecule has 1 aromatic rings. The topological polar surface area (TPSA) is 49.8 Å². The van der Waals surface area contributed by atoms with E-state index < -0.39 is 11.7 Å². The summed E-state index contributed by atoms with van der Waals surface area (Å²) in [5.41, 5.74) is 0.444. The van der Waals surface area contributed by atoms with Crippen molar-refractivity contribution in [3.05, 3.63) is 60.2 Å². The zero-order valence-corrected chi connectivity index (χ0v) is 22.7. The highest BCUT2D eigenvalue weighted by atomic mass is 16.5. The number of benzene rings is 1. The number of aryl methyl sites for hydroxylation is 1. The van der Waals surface area contributed by atoms with Crippen LogP contribution in [0, 0.1) is 0 Å². The molecule has 0 aliphatic heterocycles. The van der Waals surface area contributed by atoms with Crippen LogP contribution in [0.5, 0.6) is 0 Å². The van der Waals surface area contributed by atoms with Crippen LogP contribution < -0.4 is 0 Å². The molecule has 0 fully saturated rings. The number of nitrogens with zero attached hydrogens (tertiary/aromatic N) is 1. The van der Waals surface area contributed by atoms with Crippen molar-refractivity contribution in [2.75, 3.05) is 20.7 Å². The molecule has 0 aliphatic carbocycles. The molecule has 35 heavy (non-hydrogen) atoms. The summed E-state index contributed by atoms with van der Waals surface area (Å²) in [6, 6.07) is 10.2. The van der Waals surface area contributed by atoms with Crippen LogP contribution in [-0.4, -0.2) is 42.4 Å². The van der Waals surface area contributed by atoms with Gasteiger partial charge in [0.2, 0.25) is 0 Å². The minimum Gasteiger partial charge on any atom is -0.481 e. The van der Waals surface area contributed by atoms with E-state index in [-0.39, 0.29) is 6.42 Å². The quantitative estimate of drug-likeness (QED) is 0.102. The molecule has 1 rings (SSSR count). The molecule has 0 saturated carbocycles. The van der Waals surface area contributed by atoms with Crippen LogP contribution in [-0.2, 0) is 16.0 Å². The summed E-state index contributed by atoms with van der Waals surface area (Å²) in [5.74, 6) is -0.816.